The van der Waals surface area contributed by atoms with Gasteiger partial charge in [-0.2, -0.15) is 0 Å². The van der Waals surface area contributed by atoms with Crippen LogP contribution in [0, 0.1) is 0 Å². The van der Waals surface area contributed by atoms with E-state index in [1.165, 1.54) is 12.3 Å². The molecule has 80 valence electrons. The first-order chi connectivity index (χ1) is 6.84. The van der Waals surface area contributed by atoms with Crippen molar-refractivity contribution >= 4 is 5.84 Å². The molecule has 3 N–H and O–H groups in total. The van der Waals surface area contributed by atoms with Crippen LogP contribution in [0.2, 0.25) is 0 Å². The summed E-state index contributed by atoms with van der Waals surface area (Å²) in [5.41, 5.74) is 5.86. The number of hydrogen-bond acceptors (Lipinski definition) is 4. The minimum absolute atomic E-state index is 0.424. The molecule has 1 fully saturated rings. The summed E-state index contributed by atoms with van der Waals surface area (Å²) in [5, 5.41) is 3.35. The third-order valence-electron chi connectivity index (χ3n) is 2.97. The van der Waals surface area contributed by atoms with Crippen LogP contribution in [0.1, 0.15) is 19.3 Å². The molecule has 2 aliphatic heterocycles. The van der Waals surface area contributed by atoms with Crippen molar-refractivity contribution < 1.29 is 0 Å². The molecule has 2 rings (SSSR count). The lowest BCUT2D eigenvalue weighted by atomic mass is 10.1. The second-order valence-corrected chi connectivity index (χ2v) is 4.22. The molecule has 0 aliphatic carbocycles. The molecule has 4 nitrogen and oxygen atoms in total. The highest BCUT2D eigenvalue weighted by Crippen LogP contribution is 2.07. The van der Waals surface area contributed by atoms with Gasteiger partial charge in [-0.1, -0.05) is 0 Å². The van der Waals surface area contributed by atoms with Crippen LogP contribution >= 0.6 is 0 Å². The monoisotopic (exact) mass is 196 g/mol. The van der Waals surface area contributed by atoms with Crippen molar-refractivity contribution in [1.82, 2.24) is 10.2 Å². The quantitative estimate of drug-likeness (QED) is 0.643. The number of amidine groups is 1. The zero-order chi connectivity index (χ0) is 9.80. The van der Waals surface area contributed by atoms with Crippen LogP contribution < -0.4 is 11.1 Å². The zero-order valence-electron chi connectivity index (χ0n) is 8.71. The number of nitrogens with two attached hydrogens (primary N) is 1. The Hall–Kier alpha value is -0.610. The van der Waals surface area contributed by atoms with Crippen LogP contribution in [-0.4, -0.2) is 49.5 Å². The van der Waals surface area contributed by atoms with Gasteiger partial charge in [0.15, 0.2) is 0 Å². The molecule has 1 saturated heterocycles. The first kappa shape index (κ1) is 9.93. The molecular weight excluding hydrogens is 176 g/mol. The second kappa shape index (κ2) is 4.75. The maximum Gasteiger partial charge on any atom is 0.111 e. The predicted molar refractivity (Wildman–Crippen MR) is 58.6 cm³/mol. The van der Waals surface area contributed by atoms with E-state index < -0.39 is 0 Å². The summed E-state index contributed by atoms with van der Waals surface area (Å²) in [6.07, 6.45) is 3.44. The topological polar surface area (TPSA) is 53.6 Å². The second-order valence-electron chi connectivity index (χ2n) is 4.22. The first-order valence-electron chi connectivity index (χ1n) is 5.60. The van der Waals surface area contributed by atoms with Gasteiger partial charge in [-0.15, -0.1) is 0 Å². The van der Waals surface area contributed by atoms with Gasteiger partial charge < -0.3 is 11.1 Å². The SMILES string of the molecule is NC1CCN(CC2=NCCCN2)CC1. The average molecular weight is 196 g/mol. The summed E-state index contributed by atoms with van der Waals surface area (Å²) in [7, 11) is 0. The Labute approximate surface area is 85.6 Å². The van der Waals surface area contributed by atoms with Gasteiger partial charge in [-0.25, -0.2) is 0 Å². The summed E-state index contributed by atoms with van der Waals surface area (Å²) in [5.74, 6) is 1.17. The van der Waals surface area contributed by atoms with E-state index in [0.29, 0.717) is 6.04 Å². The van der Waals surface area contributed by atoms with E-state index in [1.807, 2.05) is 0 Å². The van der Waals surface area contributed by atoms with Crippen molar-refractivity contribution in [3.05, 3.63) is 0 Å². The van der Waals surface area contributed by atoms with Gasteiger partial charge >= 0.3 is 0 Å². The standard InChI is InChI=1S/C10H20N4/c11-9-2-6-14(7-3-9)8-10-12-4-1-5-13-10/h9H,1-8,11H2,(H,12,13). The van der Waals surface area contributed by atoms with Crippen molar-refractivity contribution in [3.8, 4) is 0 Å². The Bertz CT molecular complexity index is 206. The number of piperidine rings is 1. The summed E-state index contributed by atoms with van der Waals surface area (Å²) >= 11 is 0. The van der Waals surface area contributed by atoms with Gasteiger partial charge in [0.1, 0.15) is 5.84 Å². The Morgan fingerprint density at radius 3 is 2.86 bits per heavy atom. The van der Waals surface area contributed by atoms with Crippen LogP contribution in [0.5, 0.6) is 0 Å². The van der Waals surface area contributed by atoms with Gasteiger partial charge in [0.2, 0.25) is 0 Å². The third-order valence-corrected chi connectivity index (χ3v) is 2.97. The number of nitrogens with one attached hydrogen (secondary N) is 1. The fourth-order valence-corrected chi connectivity index (χ4v) is 2.01. The van der Waals surface area contributed by atoms with Crippen LogP contribution in [0.3, 0.4) is 0 Å². The predicted octanol–water partition coefficient (Wildman–Crippen LogP) is -0.199. The number of hydrogen-bond donors (Lipinski definition) is 2. The molecule has 0 amide bonds. The van der Waals surface area contributed by atoms with E-state index >= 15 is 0 Å². The van der Waals surface area contributed by atoms with Crippen LogP contribution in [-0.2, 0) is 0 Å². The van der Waals surface area contributed by atoms with E-state index in [1.54, 1.807) is 0 Å². The van der Waals surface area contributed by atoms with E-state index in [0.717, 1.165) is 45.6 Å². The van der Waals surface area contributed by atoms with Gasteiger partial charge in [0.25, 0.3) is 0 Å². The molecule has 0 atom stereocenters. The average Bonchev–Trinajstić information content (AvgIpc) is 2.23. The highest BCUT2D eigenvalue weighted by atomic mass is 15.2. The maximum atomic E-state index is 5.86. The summed E-state index contributed by atoms with van der Waals surface area (Å²) in [4.78, 5) is 6.92. The lowest BCUT2D eigenvalue weighted by Crippen LogP contribution is -2.45. The number of aliphatic imine (C=N–C) groups is 1. The van der Waals surface area contributed by atoms with Crippen molar-refractivity contribution in [2.75, 3.05) is 32.7 Å². The van der Waals surface area contributed by atoms with Gasteiger partial charge in [0.05, 0.1) is 6.54 Å². The minimum atomic E-state index is 0.424. The molecule has 2 heterocycles. The molecule has 0 aromatic heterocycles. The highest BCUT2D eigenvalue weighted by molar-refractivity contribution is 5.84. The van der Waals surface area contributed by atoms with Gasteiger partial charge in [-0.05, 0) is 19.3 Å². The number of nitrogens with zero attached hydrogens (tertiary/aromatic N) is 2. The Morgan fingerprint density at radius 1 is 1.43 bits per heavy atom. The van der Waals surface area contributed by atoms with E-state index in [4.69, 9.17) is 5.73 Å². The zero-order valence-corrected chi connectivity index (χ0v) is 8.71. The molecule has 2 aliphatic rings. The highest BCUT2D eigenvalue weighted by Gasteiger charge is 2.17. The maximum absolute atomic E-state index is 5.86. The summed E-state index contributed by atoms with van der Waals surface area (Å²) in [6.45, 7) is 5.33. The number of rotatable bonds is 2. The molecule has 0 bridgehead atoms. The van der Waals surface area contributed by atoms with Crippen molar-refractivity contribution in [3.63, 3.8) is 0 Å². The normalized spacial score (nSPS) is 25.6. The lowest BCUT2D eigenvalue weighted by Gasteiger charge is -2.31. The van der Waals surface area contributed by atoms with Crippen molar-refractivity contribution in [1.29, 1.82) is 0 Å². The lowest BCUT2D eigenvalue weighted by molar-refractivity contribution is 0.237. The van der Waals surface area contributed by atoms with Crippen molar-refractivity contribution in [2.45, 2.75) is 25.3 Å². The Morgan fingerprint density at radius 2 is 2.21 bits per heavy atom. The van der Waals surface area contributed by atoms with E-state index in [-0.39, 0.29) is 0 Å². The fraction of sp³-hybridized carbons (Fsp3) is 0.900. The van der Waals surface area contributed by atoms with Gasteiger partial charge in [0, 0.05) is 32.2 Å². The molecule has 0 unspecified atom stereocenters. The Balaban J connectivity index is 1.77. The molecule has 14 heavy (non-hydrogen) atoms. The summed E-state index contributed by atoms with van der Waals surface area (Å²) < 4.78 is 0. The van der Waals surface area contributed by atoms with Gasteiger partial charge in [-0.3, -0.25) is 9.89 Å². The smallest absolute Gasteiger partial charge is 0.111 e. The molecule has 4 heteroatoms. The summed E-state index contributed by atoms with van der Waals surface area (Å²) in [6, 6.07) is 0.424. The molecule has 0 spiro atoms. The molecular formula is C10H20N4. The minimum Gasteiger partial charge on any atom is -0.373 e. The molecule has 0 saturated carbocycles. The van der Waals surface area contributed by atoms with E-state index in [9.17, 15) is 0 Å². The van der Waals surface area contributed by atoms with Crippen LogP contribution in [0.15, 0.2) is 4.99 Å². The third kappa shape index (κ3) is 2.69. The fourth-order valence-electron chi connectivity index (χ4n) is 2.01. The first-order valence-corrected chi connectivity index (χ1v) is 5.60. The van der Waals surface area contributed by atoms with Crippen LogP contribution in [0.25, 0.3) is 0 Å². The molecule has 0 aromatic rings. The van der Waals surface area contributed by atoms with E-state index in [2.05, 4.69) is 15.2 Å². The number of likely N-dealkylation sites (tertiary alicyclic amines) is 1. The van der Waals surface area contributed by atoms with Crippen molar-refractivity contribution in [2.24, 2.45) is 10.7 Å². The molecule has 0 aromatic carbocycles. The molecule has 0 radical (unpaired) electrons. The Kier molecular flexibility index (Phi) is 3.37. The van der Waals surface area contributed by atoms with Crippen LogP contribution in [0.4, 0.5) is 0 Å². The largest absolute Gasteiger partial charge is 0.373 e.